The Morgan fingerprint density at radius 3 is 2.76 bits per heavy atom. The van der Waals surface area contributed by atoms with Crippen LogP contribution in [0.1, 0.15) is 28.7 Å². The maximum atomic E-state index is 12.3. The summed E-state index contributed by atoms with van der Waals surface area (Å²) in [6.07, 6.45) is 1.66. The van der Waals surface area contributed by atoms with E-state index < -0.39 is 0 Å². The monoisotopic (exact) mass is 509 g/mol. The minimum atomic E-state index is -0.160. The number of pyridine rings is 1. The van der Waals surface area contributed by atoms with Gasteiger partial charge in [-0.25, -0.2) is 9.97 Å². The molecule has 0 aliphatic heterocycles. The number of methoxy groups -OCH3 is 1. The lowest BCUT2D eigenvalue weighted by atomic mass is 10.0. The van der Waals surface area contributed by atoms with Crippen molar-refractivity contribution in [1.29, 1.82) is 5.26 Å². The lowest BCUT2D eigenvalue weighted by Crippen LogP contribution is -2.06. The molecule has 1 aromatic carbocycles. The fourth-order valence-corrected chi connectivity index (χ4v) is 3.97. The van der Waals surface area contributed by atoms with E-state index in [2.05, 4.69) is 36.8 Å². The Morgan fingerprint density at radius 2 is 2.03 bits per heavy atom. The van der Waals surface area contributed by atoms with Crippen molar-refractivity contribution in [1.82, 2.24) is 34.9 Å². The highest BCUT2D eigenvalue weighted by Gasteiger charge is 2.21. The summed E-state index contributed by atoms with van der Waals surface area (Å²) in [7, 11) is 1.60. The van der Waals surface area contributed by atoms with Gasteiger partial charge in [0, 0.05) is 30.1 Å². The first-order valence-electron chi connectivity index (χ1n) is 11.7. The zero-order chi connectivity index (χ0) is 26.6. The van der Waals surface area contributed by atoms with Crippen molar-refractivity contribution in [2.24, 2.45) is 0 Å². The van der Waals surface area contributed by atoms with Crippen LogP contribution in [0.25, 0.3) is 28.1 Å². The summed E-state index contributed by atoms with van der Waals surface area (Å²) in [5, 5.41) is 27.8. The van der Waals surface area contributed by atoms with Crippen LogP contribution in [0.15, 0.2) is 48.8 Å². The minimum absolute atomic E-state index is 0.160. The van der Waals surface area contributed by atoms with Crippen molar-refractivity contribution in [3.63, 3.8) is 0 Å². The molecule has 0 fully saturated rings. The number of H-pyrrole nitrogens is 1. The number of carbonyl (C=O) groups excluding carboxylic acids is 1. The molecule has 0 atom stereocenters. The molecule has 2 N–H and O–H groups in total. The van der Waals surface area contributed by atoms with E-state index in [1.807, 2.05) is 22.8 Å². The summed E-state index contributed by atoms with van der Waals surface area (Å²) in [4.78, 5) is 21.6. The molecule has 0 aliphatic rings. The van der Waals surface area contributed by atoms with Crippen LogP contribution in [0.3, 0.4) is 0 Å². The van der Waals surface area contributed by atoms with E-state index in [-0.39, 0.29) is 11.5 Å². The minimum Gasteiger partial charge on any atom is -0.474 e. The van der Waals surface area contributed by atoms with Crippen molar-refractivity contribution in [2.45, 2.75) is 13.8 Å². The fraction of sp³-hybridized carbons (Fsp3) is 0.192. The third kappa shape index (κ3) is 4.78. The van der Waals surface area contributed by atoms with E-state index in [4.69, 9.17) is 14.5 Å². The van der Waals surface area contributed by atoms with E-state index in [1.165, 1.54) is 6.92 Å². The largest absolute Gasteiger partial charge is 0.474 e. The number of Topliss-reactive ketones (excluding diaryl/α,β-unsaturated/α-hetero) is 1. The maximum Gasteiger partial charge on any atom is 0.233 e. The standard InChI is InChI=1S/C26H23N9O3/c1-15-25(20(13-27)32-31-15)26-18(16(2)36)5-8-23(30-26)35-14-28-19-12-17(4-6-21(19)35)29-22-7-9-24(34-33-22)38-11-10-37-3/h4-9,12,14H,10-11H2,1-3H3,(H,29,33)(H,31,32). The summed E-state index contributed by atoms with van der Waals surface area (Å²) >= 11 is 0. The molecule has 0 saturated heterocycles. The summed E-state index contributed by atoms with van der Waals surface area (Å²) < 4.78 is 12.2. The second-order valence-electron chi connectivity index (χ2n) is 8.35. The number of hydrogen-bond donors (Lipinski definition) is 2. The number of nitrogens with zero attached hydrogens (tertiary/aromatic N) is 7. The molecule has 0 spiro atoms. The predicted octanol–water partition coefficient (Wildman–Crippen LogP) is 3.75. The van der Waals surface area contributed by atoms with Gasteiger partial charge in [-0.05, 0) is 50.2 Å². The van der Waals surface area contributed by atoms with Gasteiger partial charge in [0.05, 0.1) is 28.9 Å². The van der Waals surface area contributed by atoms with Crippen molar-refractivity contribution >= 4 is 28.3 Å². The number of anilines is 2. The van der Waals surface area contributed by atoms with Gasteiger partial charge in [0.1, 0.15) is 24.8 Å². The van der Waals surface area contributed by atoms with E-state index in [9.17, 15) is 10.1 Å². The number of benzene rings is 1. The Bertz CT molecular complexity index is 1670. The molecule has 12 heteroatoms. The molecule has 0 saturated carbocycles. The van der Waals surface area contributed by atoms with Crippen molar-refractivity contribution < 1.29 is 14.3 Å². The fourth-order valence-electron chi connectivity index (χ4n) is 3.97. The molecule has 190 valence electrons. The molecule has 0 radical (unpaired) electrons. The second kappa shape index (κ2) is 10.5. The second-order valence-corrected chi connectivity index (χ2v) is 8.35. The number of imidazole rings is 1. The van der Waals surface area contributed by atoms with Crippen LogP contribution in [-0.2, 0) is 4.74 Å². The van der Waals surface area contributed by atoms with Crippen molar-refractivity contribution in [2.75, 3.05) is 25.6 Å². The van der Waals surface area contributed by atoms with Gasteiger partial charge in [0.25, 0.3) is 0 Å². The lowest BCUT2D eigenvalue weighted by Gasteiger charge is -2.11. The molecular weight excluding hydrogens is 486 g/mol. The van der Waals surface area contributed by atoms with Gasteiger partial charge in [-0.2, -0.15) is 10.4 Å². The zero-order valence-corrected chi connectivity index (χ0v) is 20.9. The molecule has 4 aromatic heterocycles. The van der Waals surface area contributed by atoms with Crippen LogP contribution >= 0.6 is 0 Å². The Balaban J connectivity index is 1.44. The van der Waals surface area contributed by atoms with E-state index in [0.717, 1.165) is 16.7 Å². The lowest BCUT2D eigenvalue weighted by molar-refractivity contribution is 0.101. The first-order chi connectivity index (χ1) is 18.5. The maximum absolute atomic E-state index is 12.3. The molecule has 5 aromatic rings. The van der Waals surface area contributed by atoms with Gasteiger partial charge in [0.15, 0.2) is 17.3 Å². The van der Waals surface area contributed by atoms with Crippen LogP contribution < -0.4 is 10.1 Å². The Hall–Kier alpha value is -5.15. The third-order valence-corrected chi connectivity index (χ3v) is 5.79. The number of aromatic amines is 1. The Kier molecular flexibility index (Phi) is 6.75. The van der Waals surface area contributed by atoms with Gasteiger partial charge < -0.3 is 14.8 Å². The van der Waals surface area contributed by atoms with Crippen LogP contribution in [0.2, 0.25) is 0 Å². The molecule has 0 unspecified atom stereocenters. The Labute approximate surface area is 217 Å². The number of nitriles is 1. The van der Waals surface area contributed by atoms with Crippen molar-refractivity contribution in [3.8, 4) is 29.0 Å². The highest BCUT2D eigenvalue weighted by atomic mass is 16.5. The van der Waals surface area contributed by atoms with Gasteiger partial charge in [-0.1, -0.05) is 0 Å². The number of hydrogen-bond acceptors (Lipinski definition) is 10. The summed E-state index contributed by atoms with van der Waals surface area (Å²) in [5.41, 5.74) is 4.44. The van der Waals surface area contributed by atoms with Gasteiger partial charge in [-0.3, -0.25) is 14.5 Å². The smallest absolute Gasteiger partial charge is 0.233 e. The van der Waals surface area contributed by atoms with Crippen LogP contribution in [0.4, 0.5) is 11.5 Å². The van der Waals surface area contributed by atoms with Gasteiger partial charge in [-0.15, -0.1) is 10.2 Å². The number of rotatable bonds is 9. The molecule has 0 amide bonds. The number of fused-ring (bicyclic) bond motifs is 1. The van der Waals surface area contributed by atoms with Gasteiger partial charge in [0.2, 0.25) is 5.88 Å². The van der Waals surface area contributed by atoms with E-state index in [0.29, 0.717) is 53.2 Å². The van der Waals surface area contributed by atoms with Crippen LogP contribution in [-0.4, -0.2) is 61.0 Å². The molecule has 12 nitrogen and oxygen atoms in total. The third-order valence-electron chi connectivity index (χ3n) is 5.79. The zero-order valence-electron chi connectivity index (χ0n) is 20.9. The van der Waals surface area contributed by atoms with Gasteiger partial charge >= 0.3 is 0 Å². The van der Waals surface area contributed by atoms with Crippen LogP contribution in [0.5, 0.6) is 5.88 Å². The predicted molar refractivity (Wildman–Crippen MR) is 139 cm³/mol. The quantitative estimate of drug-likeness (QED) is 0.221. The van der Waals surface area contributed by atoms with Crippen molar-refractivity contribution in [3.05, 3.63) is 65.7 Å². The molecule has 4 heterocycles. The average molecular weight is 510 g/mol. The highest BCUT2D eigenvalue weighted by Crippen LogP contribution is 2.30. The highest BCUT2D eigenvalue weighted by molar-refractivity contribution is 6.00. The molecule has 0 bridgehead atoms. The average Bonchev–Trinajstić information content (AvgIpc) is 3.52. The topological polar surface area (TPSA) is 157 Å². The molecule has 0 aliphatic carbocycles. The van der Waals surface area contributed by atoms with Crippen LogP contribution in [0, 0.1) is 18.3 Å². The number of ketones is 1. The first kappa shape index (κ1) is 24.5. The number of nitrogens with one attached hydrogen (secondary N) is 2. The number of ether oxygens (including phenoxy) is 2. The molecule has 38 heavy (non-hydrogen) atoms. The van der Waals surface area contributed by atoms with E-state index >= 15 is 0 Å². The number of aryl methyl sites for hydroxylation is 1. The Morgan fingerprint density at radius 1 is 1.16 bits per heavy atom. The number of carbonyl (C=O) groups is 1. The van der Waals surface area contributed by atoms with E-state index in [1.54, 1.807) is 44.6 Å². The summed E-state index contributed by atoms with van der Waals surface area (Å²) in [6.45, 7) is 4.12. The normalized spacial score (nSPS) is 10.9. The number of aromatic nitrogens is 7. The summed E-state index contributed by atoms with van der Waals surface area (Å²) in [5.74, 6) is 1.36. The SMILES string of the molecule is COCCOc1ccc(Nc2ccc3c(c2)ncn3-c2ccc(C(C)=O)c(-c3c(C#N)n[nH]c3C)n2)nn1. The summed E-state index contributed by atoms with van der Waals surface area (Å²) in [6, 6.07) is 14.7. The molecular formula is C26H23N9O3. The first-order valence-corrected chi connectivity index (χ1v) is 11.7. The molecule has 5 rings (SSSR count).